The number of anilines is 3. The van der Waals surface area contributed by atoms with Crippen molar-refractivity contribution in [2.24, 2.45) is 0 Å². The third-order valence-electron chi connectivity index (χ3n) is 11.9. The lowest BCUT2D eigenvalue weighted by Crippen LogP contribution is -2.10. The van der Waals surface area contributed by atoms with Gasteiger partial charge in [-0.15, -0.1) is 0 Å². The summed E-state index contributed by atoms with van der Waals surface area (Å²) < 4.78 is 4.51. The standard InChI is InChI=1S/C56H37N5/c1-3-13-38(14-4-1)40-26-30-44(31-27-40)60(46-34-35-52-49(37-46)47-17-8-10-20-51(47)61(52)43-15-5-2-6-16-43)45-32-28-41(29-33-45)39-22-24-42(25-23-39)54-56-55(48-18-7-9-19-50(48)57-54)58-53-21-11-12-36-59(53)56/h1-37H. The maximum absolute atomic E-state index is 5.19. The van der Waals surface area contributed by atoms with E-state index in [-0.39, 0.29) is 0 Å². The van der Waals surface area contributed by atoms with Crippen molar-refractivity contribution in [1.29, 1.82) is 0 Å². The van der Waals surface area contributed by atoms with E-state index in [1.54, 1.807) is 0 Å². The van der Waals surface area contributed by atoms with Gasteiger partial charge in [-0.25, -0.2) is 9.97 Å². The smallest absolute Gasteiger partial charge is 0.137 e. The highest BCUT2D eigenvalue weighted by Crippen LogP contribution is 2.41. The Morgan fingerprint density at radius 3 is 1.64 bits per heavy atom. The summed E-state index contributed by atoms with van der Waals surface area (Å²) >= 11 is 0. The van der Waals surface area contributed by atoms with Crippen LogP contribution < -0.4 is 4.90 Å². The Labute approximate surface area is 352 Å². The molecule has 0 aliphatic rings. The Morgan fingerprint density at radius 1 is 0.377 bits per heavy atom. The molecule has 0 spiro atoms. The molecule has 0 bridgehead atoms. The van der Waals surface area contributed by atoms with E-state index < -0.39 is 0 Å². The van der Waals surface area contributed by atoms with Gasteiger partial charge in [0.2, 0.25) is 0 Å². The van der Waals surface area contributed by atoms with E-state index in [1.807, 2.05) is 18.2 Å². The van der Waals surface area contributed by atoms with Crippen LogP contribution in [0.5, 0.6) is 0 Å². The maximum atomic E-state index is 5.19. The second-order valence-corrected chi connectivity index (χ2v) is 15.5. The first-order valence-corrected chi connectivity index (χ1v) is 20.7. The first kappa shape index (κ1) is 34.7. The van der Waals surface area contributed by atoms with Crippen LogP contribution in [-0.2, 0) is 0 Å². The third-order valence-corrected chi connectivity index (χ3v) is 11.9. The number of aromatic nitrogens is 4. The average Bonchev–Trinajstić information content (AvgIpc) is 3.89. The largest absolute Gasteiger partial charge is 0.310 e. The summed E-state index contributed by atoms with van der Waals surface area (Å²) in [6, 6.07) is 77.7. The van der Waals surface area contributed by atoms with E-state index in [4.69, 9.17) is 9.97 Å². The molecule has 0 N–H and O–H groups in total. The minimum absolute atomic E-state index is 0.911. The number of fused-ring (bicyclic) bond motifs is 8. The number of rotatable bonds is 7. The Morgan fingerprint density at radius 2 is 0.918 bits per heavy atom. The molecule has 12 rings (SSSR count). The Balaban J connectivity index is 0.943. The molecule has 0 unspecified atom stereocenters. The van der Waals surface area contributed by atoms with Gasteiger partial charge >= 0.3 is 0 Å². The van der Waals surface area contributed by atoms with Gasteiger partial charge in [0.05, 0.1) is 27.8 Å². The van der Waals surface area contributed by atoms with E-state index in [0.717, 1.165) is 72.7 Å². The quantitative estimate of drug-likeness (QED) is 0.162. The fraction of sp³-hybridized carbons (Fsp3) is 0. The van der Waals surface area contributed by atoms with Crippen molar-refractivity contribution in [3.63, 3.8) is 0 Å². The molecular formula is C56H37N5. The van der Waals surface area contributed by atoms with Crippen LogP contribution in [-0.4, -0.2) is 18.9 Å². The van der Waals surface area contributed by atoms with Gasteiger partial charge in [-0.1, -0.05) is 140 Å². The number of benzene rings is 8. The van der Waals surface area contributed by atoms with Gasteiger partial charge < -0.3 is 9.47 Å². The number of imidazole rings is 1. The number of hydrogen-bond acceptors (Lipinski definition) is 3. The van der Waals surface area contributed by atoms with E-state index >= 15 is 0 Å². The van der Waals surface area contributed by atoms with Crippen molar-refractivity contribution >= 4 is 66.5 Å². The molecule has 12 aromatic rings. The summed E-state index contributed by atoms with van der Waals surface area (Å²) in [6.07, 6.45) is 2.07. The molecule has 0 atom stereocenters. The van der Waals surface area contributed by atoms with E-state index in [9.17, 15) is 0 Å². The highest BCUT2D eigenvalue weighted by molar-refractivity contribution is 6.11. The lowest BCUT2D eigenvalue weighted by atomic mass is 10.0. The van der Waals surface area contributed by atoms with Gasteiger partial charge in [0, 0.05) is 50.7 Å². The van der Waals surface area contributed by atoms with Crippen LogP contribution in [0, 0.1) is 0 Å². The zero-order valence-electron chi connectivity index (χ0n) is 33.1. The molecule has 0 saturated heterocycles. The molecule has 5 heteroatoms. The lowest BCUT2D eigenvalue weighted by Gasteiger charge is -2.26. The summed E-state index contributed by atoms with van der Waals surface area (Å²) in [4.78, 5) is 12.6. The van der Waals surface area contributed by atoms with Gasteiger partial charge in [0.25, 0.3) is 0 Å². The molecular weight excluding hydrogens is 743 g/mol. The van der Waals surface area contributed by atoms with Crippen molar-refractivity contribution in [2.45, 2.75) is 0 Å². The summed E-state index contributed by atoms with van der Waals surface area (Å²) in [5.74, 6) is 0. The van der Waals surface area contributed by atoms with Gasteiger partial charge in [-0.3, -0.25) is 4.40 Å². The van der Waals surface area contributed by atoms with Gasteiger partial charge in [-0.05, 0) is 101 Å². The van der Waals surface area contributed by atoms with Crippen LogP contribution in [0.2, 0.25) is 0 Å². The Bertz CT molecular complexity index is 3550. The van der Waals surface area contributed by atoms with E-state index in [1.165, 1.54) is 32.9 Å². The number of pyridine rings is 2. The second kappa shape index (κ2) is 14.2. The molecule has 5 nitrogen and oxygen atoms in total. The highest BCUT2D eigenvalue weighted by Gasteiger charge is 2.19. The Hall–Kier alpha value is -8.28. The predicted molar refractivity (Wildman–Crippen MR) is 253 cm³/mol. The molecule has 8 aromatic carbocycles. The van der Waals surface area contributed by atoms with Gasteiger partial charge in [-0.2, -0.15) is 0 Å². The molecule has 4 aromatic heterocycles. The van der Waals surface area contributed by atoms with E-state index in [0.29, 0.717) is 0 Å². The predicted octanol–water partition coefficient (Wildman–Crippen LogP) is 14.6. The van der Waals surface area contributed by atoms with Gasteiger partial charge in [0.15, 0.2) is 0 Å². The first-order valence-electron chi connectivity index (χ1n) is 20.7. The van der Waals surface area contributed by atoms with Gasteiger partial charge in [0.1, 0.15) is 11.2 Å². The topological polar surface area (TPSA) is 38.4 Å². The minimum Gasteiger partial charge on any atom is -0.310 e. The van der Waals surface area contributed by atoms with E-state index in [2.05, 4.69) is 220 Å². The summed E-state index contributed by atoms with van der Waals surface area (Å²) in [6.45, 7) is 0. The molecule has 4 heterocycles. The fourth-order valence-electron chi connectivity index (χ4n) is 9.02. The monoisotopic (exact) mass is 779 g/mol. The third kappa shape index (κ3) is 5.86. The van der Waals surface area contributed by atoms with Crippen LogP contribution >= 0.6 is 0 Å². The summed E-state index contributed by atoms with van der Waals surface area (Å²) in [7, 11) is 0. The molecule has 286 valence electrons. The Kier molecular flexibility index (Phi) is 8.10. The molecule has 61 heavy (non-hydrogen) atoms. The van der Waals surface area contributed by atoms with Crippen LogP contribution in [0.4, 0.5) is 17.1 Å². The molecule has 0 aliphatic heterocycles. The zero-order valence-corrected chi connectivity index (χ0v) is 33.1. The number of hydrogen-bond donors (Lipinski definition) is 0. The number of nitrogens with zero attached hydrogens (tertiary/aromatic N) is 5. The van der Waals surface area contributed by atoms with Crippen LogP contribution in [0.1, 0.15) is 0 Å². The van der Waals surface area contributed by atoms with Crippen LogP contribution in [0.3, 0.4) is 0 Å². The fourth-order valence-corrected chi connectivity index (χ4v) is 9.02. The SMILES string of the molecule is c1ccc(-c2ccc(N(c3ccc(-c4ccc(-c5nc6ccccc6c6nc7ccccn7c56)cc4)cc3)c3ccc4c(c3)c3ccccc3n4-c3ccccc3)cc2)cc1. The van der Waals surface area contributed by atoms with Crippen molar-refractivity contribution in [3.8, 4) is 39.2 Å². The van der Waals surface area contributed by atoms with Crippen molar-refractivity contribution < 1.29 is 0 Å². The summed E-state index contributed by atoms with van der Waals surface area (Å²) in [5, 5.41) is 3.49. The zero-order chi connectivity index (χ0) is 40.3. The summed E-state index contributed by atoms with van der Waals surface area (Å²) in [5.41, 5.74) is 17.2. The molecule has 0 saturated carbocycles. The first-order chi connectivity index (χ1) is 30.2. The van der Waals surface area contributed by atoms with Crippen molar-refractivity contribution in [2.75, 3.05) is 4.90 Å². The average molecular weight is 780 g/mol. The highest BCUT2D eigenvalue weighted by atomic mass is 15.1. The molecule has 0 aliphatic carbocycles. The lowest BCUT2D eigenvalue weighted by molar-refractivity contribution is 1.18. The van der Waals surface area contributed by atoms with Crippen molar-refractivity contribution in [1.82, 2.24) is 18.9 Å². The van der Waals surface area contributed by atoms with Crippen LogP contribution in [0.15, 0.2) is 225 Å². The van der Waals surface area contributed by atoms with Crippen LogP contribution in [0.25, 0.3) is 88.6 Å². The minimum atomic E-state index is 0.911. The second-order valence-electron chi connectivity index (χ2n) is 15.5. The maximum Gasteiger partial charge on any atom is 0.137 e. The molecule has 0 fully saturated rings. The normalized spacial score (nSPS) is 11.6. The molecule has 0 amide bonds. The molecule has 0 radical (unpaired) electrons. The van der Waals surface area contributed by atoms with Crippen molar-refractivity contribution in [3.05, 3.63) is 225 Å². The number of para-hydroxylation sites is 3.